The van der Waals surface area contributed by atoms with Gasteiger partial charge in [0.1, 0.15) is 0 Å². The van der Waals surface area contributed by atoms with Gasteiger partial charge in [-0.3, -0.25) is 4.79 Å². The molecule has 4 nitrogen and oxygen atoms in total. The zero-order valence-electron chi connectivity index (χ0n) is 13.6. The lowest BCUT2D eigenvalue weighted by Crippen LogP contribution is -2.22. The monoisotopic (exact) mass is 315 g/mol. The van der Waals surface area contributed by atoms with E-state index < -0.39 is 0 Å². The molecule has 0 aliphatic carbocycles. The molecule has 2 rings (SSSR count). The van der Waals surface area contributed by atoms with E-state index in [4.69, 9.17) is 0 Å². The predicted octanol–water partition coefficient (Wildman–Crippen LogP) is 3.83. The van der Waals surface area contributed by atoms with Crippen LogP contribution < -0.4 is 5.32 Å². The van der Waals surface area contributed by atoms with Crippen molar-refractivity contribution in [3.05, 3.63) is 46.8 Å². The van der Waals surface area contributed by atoms with Gasteiger partial charge in [-0.25, -0.2) is 9.97 Å². The van der Waals surface area contributed by atoms with Crippen LogP contribution in [0.25, 0.3) is 0 Å². The van der Waals surface area contributed by atoms with Crippen LogP contribution in [0, 0.1) is 27.7 Å². The number of hydrogen-bond acceptors (Lipinski definition) is 4. The molecule has 0 fully saturated rings. The van der Waals surface area contributed by atoms with Crippen LogP contribution >= 0.6 is 11.8 Å². The van der Waals surface area contributed by atoms with Crippen molar-refractivity contribution >= 4 is 23.4 Å². The maximum Gasteiger partial charge on any atom is 0.237 e. The number of benzene rings is 1. The van der Waals surface area contributed by atoms with Crippen LogP contribution in [-0.2, 0) is 4.79 Å². The normalized spacial score (nSPS) is 12.0. The second-order valence-electron chi connectivity index (χ2n) is 5.56. The van der Waals surface area contributed by atoms with Crippen molar-refractivity contribution in [2.75, 3.05) is 5.32 Å². The molecule has 0 aliphatic rings. The number of aromatic nitrogens is 2. The number of carbonyl (C=O) groups excluding carboxylic acids is 1. The molecule has 2 aromatic rings. The van der Waals surface area contributed by atoms with E-state index in [1.165, 1.54) is 11.8 Å². The number of hydrogen-bond donors (Lipinski definition) is 1. The fourth-order valence-corrected chi connectivity index (χ4v) is 3.12. The van der Waals surface area contributed by atoms with Gasteiger partial charge in [0.25, 0.3) is 0 Å². The maximum atomic E-state index is 12.3. The Kier molecular flexibility index (Phi) is 5.19. The van der Waals surface area contributed by atoms with Crippen molar-refractivity contribution in [1.29, 1.82) is 0 Å². The Hall–Kier alpha value is -1.88. The zero-order chi connectivity index (χ0) is 16.3. The van der Waals surface area contributed by atoms with E-state index in [1.807, 2.05) is 52.8 Å². The number of nitrogens with one attached hydrogen (secondary N) is 1. The van der Waals surface area contributed by atoms with Gasteiger partial charge >= 0.3 is 0 Å². The van der Waals surface area contributed by atoms with Gasteiger partial charge in [-0.05, 0) is 63.9 Å². The summed E-state index contributed by atoms with van der Waals surface area (Å²) >= 11 is 1.37. The highest BCUT2D eigenvalue weighted by atomic mass is 32.2. The summed E-state index contributed by atoms with van der Waals surface area (Å²) in [6.45, 7) is 9.76. The smallest absolute Gasteiger partial charge is 0.237 e. The molecule has 1 atom stereocenters. The van der Waals surface area contributed by atoms with E-state index in [0.29, 0.717) is 5.16 Å². The Labute approximate surface area is 135 Å². The standard InChI is InChI=1S/C17H21N3OS/c1-10-6-11(2)8-15(7-10)20-16(21)14(5)22-17-18-12(3)9-13(4)19-17/h6-9,14H,1-5H3,(H,20,21). The van der Waals surface area contributed by atoms with Gasteiger partial charge in [-0.1, -0.05) is 17.8 Å². The number of nitrogens with zero attached hydrogens (tertiary/aromatic N) is 2. The fourth-order valence-electron chi connectivity index (χ4n) is 2.25. The van der Waals surface area contributed by atoms with Crippen LogP contribution in [-0.4, -0.2) is 21.1 Å². The molecule has 1 aromatic heterocycles. The Morgan fingerprint density at radius 3 is 2.09 bits per heavy atom. The van der Waals surface area contributed by atoms with Crippen LogP contribution in [0.2, 0.25) is 0 Å². The molecule has 22 heavy (non-hydrogen) atoms. The molecule has 116 valence electrons. The van der Waals surface area contributed by atoms with E-state index in [9.17, 15) is 4.79 Å². The number of carbonyl (C=O) groups is 1. The summed E-state index contributed by atoms with van der Waals surface area (Å²) in [5.74, 6) is -0.0437. The number of rotatable bonds is 4. The van der Waals surface area contributed by atoms with Crippen molar-refractivity contribution in [1.82, 2.24) is 9.97 Å². The number of thioether (sulfide) groups is 1. The molecule has 0 saturated carbocycles. The first kappa shape index (κ1) is 16.5. The maximum absolute atomic E-state index is 12.3. The van der Waals surface area contributed by atoms with Crippen molar-refractivity contribution in [2.45, 2.75) is 45.0 Å². The van der Waals surface area contributed by atoms with E-state index in [0.717, 1.165) is 28.2 Å². The molecule has 0 radical (unpaired) electrons. The lowest BCUT2D eigenvalue weighted by atomic mass is 10.1. The largest absolute Gasteiger partial charge is 0.325 e. The quantitative estimate of drug-likeness (QED) is 0.688. The topological polar surface area (TPSA) is 54.9 Å². The summed E-state index contributed by atoms with van der Waals surface area (Å²) in [5.41, 5.74) is 4.92. The van der Waals surface area contributed by atoms with Crippen molar-refractivity contribution < 1.29 is 4.79 Å². The molecule has 1 amide bonds. The Morgan fingerprint density at radius 2 is 1.55 bits per heavy atom. The molecule has 0 spiro atoms. The minimum atomic E-state index is -0.262. The van der Waals surface area contributed by atoms with Crippen molar-refractivity contribution in [3.8, 4) is 0 Å². The molecule has 0 aliphatic heterocycles. The average molecular weight is 315 g/mol. The van der Waals surface area contributed by atoms with E-state index in [-0.39, 0.29) is 11.2 Å². The minimum Gasteiger partial charge on any atom is -0.325 e. The Morgan fingerprint density at radius 1 is 1.00 bits per heavy atom. The Balaban J connectivity index is 2.05. The van der Waals surface area contributed by atoms with Gasteiger partial charge in [0.2, 0.25) is 5.91 Å². The lowest BCUT2D eigenvalue weighted by molar-refractivity contribution is -0.115. The summed E-state index contributed by atoms with van der Waals surface area (Å²) in [5, 5.41) is 3.33. The zero-order valence-corrected chi connectivity index (χ0v) is 14.4. The highest BCUT2D eigenvalue weighted by molar-refractivity contribution is 8.00. The Bertz CT molecular complexity index is 660. The third-order valence-electron chi connectivity index (χ3n) is 3.10. The summed E-state index contributed by atoms with van der Waals surface area (Å²) in [4.78, 5) is 21.0. The molecule has 1 heterocycles. The highest BCUT2D eigenvalue weighted by Gasteiger charge is 2.16. The van der Waals surface area contributed by atoms with Crippen molar-refractivity contribution in [2.24, 2.45) is 0 Å². The fraction of sp³-hybridized carbons (Fsp3) is 0.353. The van der Waals surface area contributed by atoms with Gasteiger partial charge in [-0.15, -0.1) is 0 Å². The van der Waals surface area contributed by atoms with Crippen LogP contribution in [0.15, 0.2) is 29.4 Å². The van der Waals surface area contributed by atoms with Crippen LogP contribution in [0.3, 0.4) is 0 Å². The van der Waals surface area contributed by atoms with Gasteiger partial charge < -0.3 is 5.32 Å². The van der Waals surface area contributed by atoms with E-state index in [2.05, 4.69) is 21.4 Å². The van der Waals surface area contributed by atoms with Crippen molar-refractivity contribution in [3.63, 3.8) is 0 Å². The van der Waals surface area contributed by atoms with E-state index >= 15 is 0 Å². The summed E-state index contributed by atoms with van der Waals surface area (Å²) in [6, 6.07) is 7.94. The van der Waals surface area contributed by atoms with E-state index in [1.54, 1.807) is 0 Å². The second kappa shape index (κ2) is 6.92. The predicted molar refractivity (Wildman–Crippen MR) is 91.4 cm³/mol. The molecule has 0 saturated heterocycles. The molecular formula is C17H21N3OS. The van der Waals surface area contributed by atoms with Crippen LogP contribution in [0.4, 0.5) is 5.69 Å². The molecule has 1 aromatic carbocycles. The molecule has 0 bridgehead atoms. The first-order chi connectivity index (χ1) is 10.3. The second-order valence-corrected chi connectivity index (χ2v) is 6.87. The highest BCUT2D eigenvalue weighted by Crippen LogP contribution is 2.22. The molecule has 5 heteroatoms. The third kappa shape index (κ3) is 4.56. The summed E-state index contributed by atoms with van der Waals surface area (Å²) in [6.07, 6.45) is 0. The number of aryl methyl sites for hydroxylation is 4. The lowest BCUT2D eigenvalue weighted by Gasteiger charge is -2.12. The number of anilines is 1. The summed E-state index contributed by atoms with van der Waals surface area (Å²) < 4.78 is 0. The third-order valence-corrected chi connectivity index (χ3v) is 4.06. The molecular weight excluding hydrogens is 294 g/mol. The van der Waals surface area contributed by atoms with Crippen LogP contribution in [0.5, 0.6) is 0 Å². The summed E-state index contributed by atoms with van der Waals surface area (Å²) in [7, 11) is 0. The first-order valence-corrected chi connectivity index (χ1v) is 8.09. The average Bonchev–Trinajstić information content (AvgIpc) is 2.35. The van der Waals surface area contributed by atoms with Gasteiger partial charge in [0.15, 0.2) is 5.16 Å². The van der Waals surface area contributed by atoms with Crippen LogP contribution in [0.1, 0.15) is 29.4 Å². The molecule has 1 unspecified atom stereocenters. The number of amides is 1. The van der Waals surface area contributed by atoms with Gasteiger partial charge in [0, 0.05) is 17.1 Å². The first-order valence-electron chi connectivity index (χ1n) is 7.21. The minimum absolute atomic E-state index is 0.0437. The molecule has 1 N–H and O–H groups in total. The van der Waals surface area contributed by atoms with Gasteiger partial charge in [0.05, 0.1) is 5.25 Å². The SMILES string of the molecule is Cc1cc(C)cc(NC(=O)C(C)Sc2nc(C)cc(C)n2)c1. The van der Waals surface area contributed by atoms with Gasteiger partial charge in [-0.2, -0.15) is 0 Å².